The number of hydrogen-bond donors (Lipinski definition) is 0. The Balaban J connectivity index is 1.63. The number of likely N-dealkylation sites (tertiary alicyclic amines) is 1. The molecule has 0 bridgehead atoms. The molecule has 0 unspecified atom stereocenters. The summed E-state index contributed by atoms with van der Waals surface area (Å²) < 4.78 is 18.9. The minimum Gasteiger partial charge on any atom is -0.459 e. The molecule has 0 spiro atoms. The quantitative estimate of drug-likeness (QED) is 0.631. The molecule has 6 heteroatoms. The van der Waals surface area contributed by atoms with Crippen LogP contribution in [0.25, 0.3) is 0 Å². The van der Waals surface area contributed by atoms with Gasteiger partial charge in [-0.05, 0) is 18.4 Å². The van der Waals surface area contributed by atoms with Crippen molar-refractivity contribution < 1.29 is 18.7 Å². The Morgan fingerprint density at radius 1 is 1.32 bits per heavy atom. The molecule has 1 aliphatic heterocycles. The zero-order valence-corrected chi connectivity index (χ0v) is 12.8. The van der Waals surface area contributed by atoms with E-state index in [1.54, 1.807) is 0 Å². The van der Waals surface area contributed by atoms with E-state index in [-0.39, 0.29) is 25.5 Å². The van der Waals surface area contributed by atoms with E-state index in [1.807, 2.05) is 30.3 Å². The standard InChI is InChI=1S/C16H17ClFNO3/c17-16(6-7-16)15(21)19-9-12(18)8-13(19)14(20)22-10-11-4-2-1-3-5-11/h1-5,12-13H,6-10H2/t12-,13+/m1/s1. The maximum Gasteiger partial charge on any atom is 0.329 e. The monoisotopic (exact) mass is 325 g/mol. The molecular weight excluding hydrogens is 309 g/mol. The molecule has 1 saturated heterocycles. The van der Waals surface area contributed by atoms with Crippen LogP contribution in [0.4, 0.5) is 4.39 Å². The van der Waals surface area contributed by atoms with Crippen LogP contribution >= 0.6 is 11.6 Å². The molecule has 1 heterocycles. The molecule has 1 aliphatic carbocycles. The SMILES string of the molecule is O=C(OCc1ccccc1)[C@@H]1C[C@@H](F)CN1C(=O)C1(Cl)CC1. The highest BCUT2D eigenvalue weighted by atomic mass is 35.5. The van der Waals surface area contributed by atoms with E-state index in [4.69, 9.17) is 16.3 Å². The summed E-state index contributed by atoms with van der Waals surface area (Å²) in [6.07, 6.45) is -0.0804. The van der Waals surface area contributed by atoms with Crippen LogP contribution in [-0.2, 0) is 20.9 Å². The lowest BCUT2D eigenvalue weighted by molar-refractivity contribution is -0.154. The third kappa shape index (κ3) is 3.09. The van der Waals surface area contributed by atoms with Gasteiger partial charge in [0.05, 0.1) is 6.54 Å². The molecule has 2 atom stereocenters. The third-order valence-electron chi connectivity index (χ3n) is 4.08. The molecule has 1 aromatic carbocycles. The first-order chi connectivity index (χ1) is 10.5. The number of hydrogen-bond acceptors (Lipinski definition) is 3. The summed E-state index contributed by atoms with van der Waals surface area (Å²) in [5.74, 6) is -0.922. The number of carbonyl (C=O) groups excluding carboxylic acids is 2. The Morgan fingerprint density at radius 3 is 2.64 bits per heavy atom. The van der Waals surface area contributed by atoms with Gasteiger partial charge in [-0.2, -0.15) is 0 Å². The van der Waals surface area contributed by atoms with E-state index in [1.165, 1.54) is 4.90 Å². The minimum atomic E-state index is -1.21. The van der Waals surface area contributed by atoms with Gasteiger partial charge in [0.2, 0.25) is 5.91 Å². The molecule has 0 aromatic heterocycles. The lowest BCUT2D eigenvalue weighted by Crippen LogP contribution is -2.45. The average Bonchev–Trinajstić information content (AvgIpc) is 3.15. The van der Waals surface area contributed by atoms with Gasteiger partial charge in [0.15, 0.2) is 0 Å². The Kier molecular flexibility index (Phi) is 4.08. The van der Waals surface area contributed by atoms with Gasteiger partial charge in [-0.25, -0.2) is 9.18 Å². The number of halogens is 2. The van der Waals surface area contributed by atoms with Crippen molar-refractivity contribution in [1.82, 2.24) is 4.90 Å². The number of benzene rings is 1. The van der Waals surface area contributed by atoms with E-state index in [9.17, 15) is 14.0 Å². The van der Waals surface area contributed by atoms with Crippen LogP contribution in [-0.4, -0.2) is 40.4 Å². The van der Waals surface area contributed by atoms with Gasteiger partial charge < -0.3 is 9.64 Å². The van der Waals surface area contributed by atoms with E-state index in [0.29, 0.717) is 12.8 Å². The smallest absolute Gasteiger partial charge is 0.329 e. The lowest BCUT2D eigenvalue weighted by atomic mass is 10.2. The van der Waals surface area contributed by atoms with Gasteiger partial charge in [-0.3, -0.25) is 4.79 Å². The van der Waals surface area contributed by atoms with Crippen LogP contribution in [0.5, 0.6) is 0 Å². The molecule has 1 amide bonds. The minimum absolute atomic E-state index is 0.0215. The first-order valence-electron chi connectivity index (χ1n) is 7.34. The first-order valence-corrected chi connectivity index (χ1v) is 7.72. The molecule has 2 aliphatic rings. The van der Waals surface area contributed by atoms with Crippen LogP contribution in [0.15, 0.2) is 30.3 Å². The van der Waals surface area contributed by atoms with Crippen molar-refractivity contribution in [2.24, 2.45) is 0 Å². The van der Waals surface area contributed by atoms with Gasteiger partial charge >= 0.3 is 5.97 Å². The van der Waals surface area contributed by atoms with Crippen molar-refractivity contribution in [2.45, 2.75) is 43.0 Å². The fourth-order valence-electron chi connectivity index (χ4n) is 2.64. The topological polar surface area (TPSA) is 46.6 Å². The molecule has 3 rings (SSSR count). The summed E-state index contributed by atoms with van der Waals surface area (Å²) in [6.45, 7) is 0.0274. The molecule has 2 fully saturated rings. The number of esters is 1. The second kappa shape index (κ2) is 5.88. The van der Waals surface area contributed by atoms with Crippen LogP contribution in [0.2, 0.25) is 0 Å². The average molecular weight is 326 g/mol. The molecule has 22 heavy (non-hydrogen) atoms. The van der Waals surface area contributed by atoms with Crippen molar-refractivity contribution in [3.63, 3.8) is 0 Å². The number of alkyl halides is 2. The second-order valence-corrected chi connectivity index (χ2v) is 6.59. The highest BCUT2D eigenvalue weighted by Crippen LogP contribution is 2.45. The first kappa shape index (κ1) is 15.3. The van der Waals surface area contributed by atoms with Crippen molar-refractivity contribution in [2.75, 3.05) is 6.54 Å². The second-order valence-electron chi connectivity index (χ2n) is 5.86. The number of carbonyl (C=O) groups is 2. The van der Waals surface area contributed by atoms with Crippen molar-refractivity contribution in [3.05, 3.63) is 35.9 Å². The Hall–Kier alpha value is -1.62. The maximum atomic E-state index is 13.7. The van der Waals surface area contributed by atoms with Crippen molar-refractivity contribution in [3.8, 4) is 0 Å². The molecular formula is C16H17ClFNO3. The lowest BCUT2D eigenvalue weighted by Gasteiger charge is -2.24. The Morgan fingerprint density at radius 2 is 2.00 bits per heavy atom. The van der Waals surface area contributed by atoms with E-state index < -0.39 is 23.1 Å². The molecule has 1 aromatic rings. The Bertz CT molecular complexity index is 576. The van der Waals surface area contributed by atoms with Crippen molar-refractivity contribution >= 4 is 23.5 Å². The number of nitrogens with zero attached hydrogens (tertiary/aromatic N) is 1. The molecule has 0 N–H and O–H groups in total. The van der Waals surface area contributed by atoms with E-state index >= 15 is 0 Å². The predicted molar refractivity (Wildman–Crippen MR) is 79.1 cm³/mol. The van der Waals surface area contributed by atoms with Crippen LogP contribution in [0.1, 0.15) is 24.8 Å². The van der Waals surface area contributed by atoms with Crippen LogP contribution < -0.4 is 0 Å². The molecule has 4 nitrogen and oxygen atoms in total. The number of ether oxygens (including phenoxy) is 1. The summed E-state index contributed by atoms with van der Waals surface area (Å²) in [6, 6.07) is 8.35. The highest BCUT2D eigenvalue weighted by Gasteiger charge is 2.54. The zero-order valence-electron chi connectivity index (χ0n) is 12.0. The zero-order chi connectivity index (χ0) is 15.7. The fourth-order valence-corrected chi connectivity index (χ4v) is 2.84. The van der Waals surface area contributed by atoms with Crippen LogP contribution in [0.3, 0.4) is 0 Å². The number of rotatable bonds is 4. The van der Waals surface area contributed by atoms with Gasteiger partial charge in [0.25, 0.3) is 0 Å². The number of amides is 1. The maximum absolute atomic E-state index is 13.7. The highest BCUT2D eigenvalue weighted by molar-refractivity contribution is 6.37. The summed E-state index contributed by atoms with van der Waals surface area (Å²) >= 11 is 6.10. The third-order valence-corrected chi connectivity index (χ3v) is 4.62. The normalized spacial score (nSPS) is 25.8. The summed E-state index contributed by atoms with van der Waals surface area (Å²) in [4.78, 5) is 24.8. The van der Waals surface area contributed by atoms with E-state index in [0.717, 1.165) is 5.56 Å². The van der Waals surface area contributed by atoms with Gasteiger partial charge in [-0.15, -0.1) is 11.6 Å². The predicted octanol–water partition coefficient (Wildman–Crippen LogP) is 2.44. The summed E-state index contributed by atoms with van der Waals surface area (Å²) in [5, 5.41) is 0. The van der Waals surface area contributed by atoms with Gasteiger partial charge in [0.1, 0.15) is 23.7 Å². The fraction of sp³-hybridized carbons (Fsp3) is 0.500. The van der Waals surface area contributed by atoms with Crippen molar-refractivity contribution in [1.29, 1.82) is 0 Å². The molecule has 1 saturated carbocycles. The summed E-state index contributed by atoms with van der Waals surface area (Å²) in [5.41, 5.74) is 0.847. The molecule has 0 radical (unpaired) electrons. The largest absolute Gasteiger partial charge is 0.459 e. The van der Waals surface area contributed by atoms with E-state index in [2.05, 4.69) is 0 Å². The van der Waals surface area contributed by atoms with Crippen LogP contribution in [0, 0.1) is 0 Å². The Labute approximate surface area is 133 Å². The molecule has 118 valence electrons. The van der Waals surface area contributed by atoms with Gasteiger partial charge in [-0.1, -0.05) is 30.3 Å². The summed E-state index contributed by atoms with van der Waals surface area (Å²) in [7, 11) is 0. The van der Waals surface area contributed by atoms with Gasteiger partial charge in [0, 0.05) is 6.42 Å².